The number of hydrogen-bond acceptors (Lipinski definition) is 7. The van der Waals surface area contributed by atoms with Gasteiger partial charge in [-0.1, -0.05) is 0 Å². The Morgan fingerprint density at radius 1 is 1.62 bits per heavy atom. The molecule has 1 aromatic rings. The van der Waals surface area contributed by atoms with Gasteiger partial charge in [-0.15, -0.1) is 11.6 Å². The molecule has 24 heavy (non-hydrogen) atoms. The second-order valence-electron chi connectivity index (χ2n) is 5.51. The van der Waals surface area contributed by atoms with E-state index in [4.69, 9.17) is 22.1 Å². The number of halogens is 2. The summed E-state index contributed by atoms with van der Waals surface area (Å²) in [4.78, 5) is 15.5. The van der Waals surface area contributed by atoms with Crippen LogP contribution in [0.25, 0.3) is 0 Å². The van der Waals surface area contributed by atoms with Crippen LogP contribution in [0.5, 0.6) is 0 Å². The second-order valence-corrected chi connectivity index (χ2v) is 8.15. The number of ether oxygens (including phenoxy) is 1. The van der Waals surface area contributed by atoms with Crippen molar-refractivity contribution in [2.75, 3.05) is 25.8 Å². The standard InChI is InChI=1S/C13H20ClFN3O5P/c1-21-24(20,22-2)9(15)7-13(8-14)5-3-11(23-13)18-6-4-10(16)17-12(18)19/h4,6,9,11H,3,5,7-8H2,1-2H3,(H2,16,17,19). The largest absolute Gasteiger partial charge is 0.383 e. The Labute approximate surface area is 143 Å². The predicted octanol–water partition coefficient (Wildman–Crippen LogP) is 2.28. The van der Waals surface area contributed by atoms with E-state index in [2.05, 4.69) is 14.0 Å². The van der Waals surface area contributed by atoms with Crippen LogP contribution in [0.4, 0.5) is 10.2 Å². The molecule has 0 radical (unpaired) electrons. The zero-order valence-corrected chi connectivity index (χ0v) is 15.0. The van der Waals surface area contributed by atoms with Gasteiger partial charge in [0.05, 0.1) is 11.5 Å². The molecule has 8 nitrogen and oxygen atoms in total. The average Bonchev–Trinajstić information content (AvgIpc) is 2.98. The molecule has 2 heterocycles. The lowest BCUT2D eigenvalue weighted by Crippen LogP contribution is -2.36. The van der Waals surface area contributed by atoms with Crippen molar-refractivity contribution in [2.45, 2.75) is 37.0 Å². The van der Waals surface area contributed by atoms with Crippen molar-refractivity contribution in [3.8, 4) is 0 Å². The Balaban J connectivity index is 2.18. The lowest BCUT2D eigenvalue weighted by atomic mass is 9.99. The Hall–Kier alpha value is -0.990. The van der Waals surface area contributed by atoms with Gasteiger partial charge in [0, 0.05) is 26.8 Å². The van der Waals surface area contributed by atoms with E-state index in [-0.39, 0.29) is 18.1 Å². The van der Waals surface area contributed by atoms with Gasteiger partial charge < -0.3 is 19.5 Å². The third-order valence-corrected chi connectivity index (χ3v) is 6.40. The molecule has 3 atom stereocenters. The van der Waals surface area contributed by atoms with Crippen LogP contribution in [-0.4, -0.2) is 41.2 Å². The molecule has 2 N–H and O–H groups in total. The summed E-state index contributed by atoms with van der Waals surface area (Å²) >= 11 is 5.98. The summed E-state index contributed by atoms with van der Waals surface area (Å²) in [6, 6.07) is 1.47. The molecule has 1 fully saturated rings. The van der Waals surface area contributed by atoms with E-state index in [1.165, 1.54) is 16.8 Å². The molecule has 0 bridgehead atoms. The van der Waals surface area contributed by atoms with E-state index >= 15 is 0 Å². The molecular weight excluding hydrogens is 364 g/mol. The van der Waals surface area contributed by atoms with Crippen LogP contribution in [0, 0.1) is 0 Å². The molecule has 136 valence electrons. The second kappa shape index (κ2) is 7.49. The van der Waals surface area contributed by atoms with Gasteiger partial charge >= 0.3 is 13.3 Å². The third-order valence-electron chi connectivity index (χ3n) is 4.03. The summed E-state index contributed by atoms with van der Waals surface area (Å²) in [6.45, 7) is 0. The molecule has 0 aliphatic carbocycles. The van der Waals surface area contributed by atoms with E-state index in [1.807, 2.05) is 0 Å². The van der Waals surface area contributed by atoms with Gasteiger partial charge in [-0.3, -0.25) is 9.13 Å². The van der Waals surface area contributed by atoms with Crippen molar-refractivity contribution in [3.05, 3.63) is 22.7 Å². The highest BCUT2D eigenvalue weighted by Gasteiger charge is 2.47. The lowest BCUT2D eigenvalue weighted by molar-refractivity contribution is -0.0710. The van der Waals surface area contributed by atoms with Crippen LogP contribution in [0.1, 0.15) is 25.5 Å². The number of alkyl halides is 2. The zero-order chi connectivity index (χ0) is 18.0. The minimum Gasteiger partial charge on any atom is -0.383 e. The van der Waals surface area contributed by atoms with Gasteiger partial charge in [0.1, 0.15) is 12.0 Å². The maximum Gasteiger partial charge on any atom is 0.364 e. The fraction of sp³-hybridized carbons (Fsp3) is 0.692. The molecule has 1 aliphatic rings. The number of nitrogens with zero attached hydrogens (tertiary/aromatic N) is 2. The molecule has 3 unspecified atom stereocenters. The van der Waals surface area contributed by atoms with Gasteiger partial charge in [-0.05, 0) is 18.9 Å². The first-order valence-corrected chi connectivity index (χ1v) is 9.37. The fourth-order valence-corrected chi connectivity index (χ4v) is 4.13. The van der Waals surface area contributed by atoms with Crippen molar-refractivity contribution in [2.24, 2.45) is 0 Å². The van der Waals surface area contributed by atoms with Gasteiger partial charge in [0.2, 0.25) is 5.91 Å². The van der Waals surface area contributed by atoms with Gasteiger partial charge in [0.25, 0.3) is 0 Å². The van der Waals surface area contributed by atoms with Crippen LogP contribution >= 0.6 is 19.2 Å². The highest BCUT2D eigenvalue weighted by molar-refractivity contribution is 7.54. The SMILES string of the molecule is COP(=O)(OC)C(F)CC1(CCl)CCC(n2ccc(N)nc2=O)O1. The van der Waals surface area contributed by atoms with E-state index < -0.39 is 31.0 Å². The number of hydrogen-bond donors (Lipinski definition) is 1. The predicted molar refractivity (Wildman–Crippen MR) is 86.9 cm³/mol. The summed E-state index contributed by atoms with van der Waals surface area (Å²) in [6.07, 6.45) is 1.34. The lowest BCUT2D eigenvalue weighted by Gasteiger charge is -2.30. The van der Waals surface area contributed by atoms with Crippen LogP contribution in [0.3, 0.4) is 0 Å². The average molecular weight is 384 g/mol. The quantitative estimate of drug-likeness (QED) is 0.568. The fourth-order valence-electron chi connectivity index (χ4n) is 2.66. The number of anilines is 1. The molecule has 11 heteroatoms. The smallest absolute Gasteiger partial charge is 0.364 e. The summed E-state index contributed by atoms with van der Waals surface area (Å²) in [5, 5.41) is 0. The molecule has 1 aromatic heterocycles. The molecule has 1 saturated heterocycles. The summed E-state index contributed by atoms with van der Waals surface area (Å²) < 4.78 is 43.0. The van der Waals surface area contributed by atoms with Crippen LogP contribution in [0.2, 0.25) is 0 Å². The maximum atomic E-state index is 14.4. The molecule has 0 amide bonds. The van der Waals surface area contributed by atoms with Crippen molar-refractivity contribution in [3.63, 3.8) is 0 Å². The summed E-state index contributed by atoms with van der Waals surface area (Å²) in [5.74, 6) is -1.83. The summed E-state index contributed by atoms with van der Waals surface area (Å²) in [7, 11) is -1.66. The van der Waals surface area contributed by atoms with Crippen molar-refractivity contribution in [1.82, 2.24) is 9.55 Å². The molecular formula is C13H20ClFN3O5P. The third kappa shape index (κ3) is 3.81. The molecule has 0 saturated carbocycles. The van der Waals surface area contributed by atoms with Crippen molar-refractivity contribution in [1.29, 1.82) is 0 Å². The Bertz CT molecular complexity index is 682. The Kier molecular flexibility index (Phi) is 6.04. The van der Waals surface area contributed by atoms with Gasteiger partial charge in [-0.25, -0.2) is 9.18 Å². The Morgan fingerprint density at radius 3 is 2.83 bits per heavy atom. The number of nitrogens with two attached hydrogens (primary N) is 1. The molecule has 0 spiro atoms. The highest BCUT2D eigenvalue weighted by atomic mass is 35.5. The van der Waals surface area contributed by atoms with E-state index in [0.717, 1.165) is 14.2 Å². The van der Waals surface area contributed by atoms with E-state index in [1.54, 1.807) is 0 Å². The minimum atomic E-state index is -3.89. The molecule has 0 aromatic carbocycles. The highest BCUT2D eigenvalue weighted by Crippen LogP contribution is 2.56. The van der Waals surface area contributed by atoms with Gasteiger partial charge in [-0.2, -0.15) is 4.98 Å². The van der Waals surface area contributed by atoms with Crippen molar-refractivity contribution < 1.29 is 22.7 Å². The maximum absolute atomic E-state index is 14.4. The van der Waals surface area contributed by atoms with Crippen LogP contribution in [0.15, 0.2) is 17.1 Å². The summed E-state index contributed by atoms with van der Waals surface area (Å²) in [5.41, 5.74) is 3.80. The first-order chi connectivity index (χ1) is 11.3. The molecule has 2 rings (SSSR count). The van der Waals surface area contributed by atoms with E-state index in [0.29, 0.717) is 12.8 Å². The van der Waals surface area contributed by atoms with Crippen molar-refractivity contribution >= 4 is 25.0 Å². The Morgan fingerprint density at radius 2 is 2.29 bits per heavy atom. The van der Waals surface area contributed by atoms with Crippen LogP contribution in [-0.2, 0) is 18.3 Å². The monoisotopic (exact) mass is 383 g/mol. The number of nitrogen functional groups attached to an aromatic ring is 1. The molecule has 1 aliphatic heterocycles. The zero-order valence-electron chi connectivity index (χ0n) is 13.4. The van der Waals surface area contributed by atoms with Gasteiger partial charge in [0.15, 0.2) is 0 Å². The number of aromatic nitrogens is 2. The normalized spacial score (nSPS) is 25.8. The topological polar surface area (TPSA) is 106 Å². The first kappa shape index (κ1) is 19.3. The number of rotatable bonds is 7. The van der Waals surface area contributed by atoms with Crippen LogP contribution < -0.4 is 11.4 Å². The first-order valence-electron chi connectivity index (χ1n) is 7.23. The minimum absolute atomic E-state index is 0.0332. The van der Waals surface area contributed by atoms with E-state index in [9.17, 15) is 13.8 Å².